The molecule has 3 unspecified atom stereocenters. The highest BCUT2D eigenvalue weighted by molar-refractivity contribution is 7.60. The minimum Gasteiger partial charge on any atom is -0.386 e. The molecule has 5 atom stereocenters. The molecular weight excluding hydrogens is 452 g/mol. The number of ether oxygens (including phenoxy) is 2. The Morgan fingerprint density at radius 3 is 2.63 bits per heavy atom. The van der Waals surface area contributed by atoms with E-state index in [0.717, 1.165) is 0 Å². The van der Waals surface area contributed by atoms with Crippen LogP contribution in [0.25, 0.3) is 0 Å². The zero-order valence-corrected chi connectivity index (χ0v) is 17.4. The smallest absolute Gasteiger partial charge is 0.386 e. The van der Waals surface area contributed by atoms with Gasteiger partial charge < -0.3 is 40.3 Å². The molecule has 16 nitrogen and oxygen atoms in total. The van der Waals surface area contributed by atoms with Gasteiger partial charge >= 0.3 is 15.6 Å². The van der Waals surface area contributed by atoms with Crippen molar-refractivity contribution in [1.82, 2.24) is 9.97 Å². The second-order valence-electron chi connectivity index (χ2n) is 5.80. The summed E-state index contributed by atoms with van der Waals surface area (Å²) in [7, 11) is -9.22. The number of nitrogens with zero attached hydrogens (tertiary/aromatic N) is 2. The Labute approximate surface area is 168 Å². The van der Waals surface area contributed by atoms with E-state index < -0.39 is 52.4 Å². The molecule has 0 aliphatic carbocycles. The van der Waals surface area contributed by atoms with E-state index in [4.69, 9.17) is 25.0 Å². The fourth-order valence-electron chi connectivity index (χ4n) is 2.58. The standard InChI is InChI=1S/C12H21N5O11P2/c1-3-14-6-9(16-12(13)17-10(6)19)15-11-7(18)8(25-2)5(27-11)4-26-30(23,24)28-29(20,21)22/h3,5,7-8,11,18H,4H2,1-2H3,(H,23,24)(H2,20,21,22)(H4,13,15,16,17,19)/b14-3-/t5-,7?,8?,11-/m1/s1. The van der Waals surface area contributed by atoms with Crippen LogP contribution in [0.15, 0.2) is 9.79 Å². The van der Waals surface area contributed by atoms with E-state index in [1.54, 1.807) is 6.92 Å². The summed E-state index contributed by atoms with van der Waals surface area (Å²) in [6, 6.07) is 0. The zero-order valence-electron chi connectivity index (χ0n) is 15.6. The number of hydrogen-bond donors (Lipinski definition) is 7. The Kier molecular flexibility index (Phi) is 7.87. The van der Waals surface area contributed by atoms with Crippen molar-refractivity contribution in [2.45, 2.75) is 31.5 Å². The first kappa shape index (κ1) is 24.6. The molecule has 8 N–H and O–H groups in total. The highest BCUT2D eigenvalue weighted by atomic mass is 31.3. The molecule has 1 aliphatic rings. The summed E-state index contributed by atoms with van der Waals surface area (Å²) in [6.07, 6.45) is -3.58. The number of phosphoric acid groups is 2. The largest absolute Gasteiger partial charge is 0.481 e. The van der Waals surface area contributed by atoms with E-state index in [9.17, 15) is 23.9 Å². The van der Waals surface area contributed by atoms with E-state index in [1.165, 1.54) is 13.3 Å². The number of aromatic amines is 1. The van der Waals surface area contributed by atoms with Crippen molar-refractivity contribution in [3.63, 3.8) is 0 Å². The number of aliphatic imine (C=N–C) groups is 1. The van der Waals surface area contributed by atoms with Crippen LogP contribution in [0.1, 0.15) is 6.92 Å². The van der Waals surface area contributed by atoms with Gasteiger partial charge in [0.05, 0.1) is 6.61 Å². The van der Waals surface area contributed by atoms with Gasteiger partial charge in [-0.25, -0.2) is 9.13 Å². The predicted molar refractivity (Wildman–Crippen MR) is 101 cm³/mol. The molecule has 170 valence electrons. The molecule has 1 aromatic heterocycles. The Balaban J connectivity index is 2.17. The predicted octanol–water partition coefficient (Wildman–Crippen LogP) is -1.19. The lowest BCUT2D eigenvalue weighted by Gasteiger charge is -2.19. The molecule has 30 heavy (non-hydrogen) atoms. The van der Waals surface area contributed by atoms with E-state index >= 15 is 0 Å². The number of methoxy groups -OCH3 is 1. The minimum absolute atomic E-state index is 0.118. The van der Waals surface area contributed by atoms with E-state index in [2.05, 4.69) is 29.1 Å². The zero-order chi connectivity index (χ0) is 22.7. The fourth-order valence-corrected chi connectivity index (χ4v) is 4.18. The molecule has 0 radical (unpaired) electrons. The molecule has 18 heteroatoms. The van der Waals surface area contributed by atoms with Crippen LogP contribution in [0.4, 0.5) is 17.5 Å². The average Bonchev–Trinajstić information content (AvgIpc) is 2.89. The number of aliphatic hydroxyl groups excluding tert-OH is 1. The van der Waals surface area contributed by atoms with Crippen molar-refractivity contribution in [3.8, 4) is 0 Å². The number of nitrogens with two attached hydrogens (primary N) is 1. The molecule has 0 bridgehead atoms. The van der Waals surface area contributed by atoms with Crippen LogP contribution in [0.2, 0.25) is 0 Å². The lowest BCUT2D eigenvalue weighted by atomic mass is 10.1. The van der Waals surface area contributed by atoms with Gasteiger partial charge in [0.25, 0.3) is 5.56 Å². The van der Waals surface area contributed by atoms with Crippen molar-refractivity contribution in [2.24, 2.45) is 4.99 Å². The maximum absolute atomic E-state index is 12.0. The number of aromatic nitrogens is 2. The molecule has 1 aromatic rings. The summed E-state index contributed by atoms with van der Waals surface area (Å²) in [6.45, 7) is 0.814. The Hall–Kier alpha value is -1.71. The molecule has 1 aliphatic heterocycles. The van der Waals surface area contributed by atoms with Gasteiger partial charge in [0, 0.05) is 13.3 Å². The van der Waals surface area contributed by atoms with Crippen molar-refractivity contribution >= 4 is 39.3 Å². The quantitative estimate of drug-likeness (QED) is 0.165. The molecule has 1 saturated heterocycles. The second kappa shape index (κ2) is 9.62. The third kappa shape index (κ3) is 6.39. The molecule has 2 rings (SSSR count). The van der Waals surface area contributed by atoms with Gasteiger partial charge in [-0.15, -0.1) is 0 Å². The first-order valence-electron chi connectivity index (χ1n) is 8.12. The number of aliphatic hydroxyl groups is 1. The van der Waals surface area contributed by atoms with Crippen LogP contribution in [0.5, 0.6) is 0 Å². The second-order valence-corrected chi connectivity index (χ2v) is 8.63. The third-order valence-corrected chi connectivity index (χ3v) is 5.82. The normalized spacial score (nSPS) is 26.7. The Morgan fingerprint density at radius 1 is 1.40 bits per heavy atom. The molecule has 2 heterocycles. The number of rotatable bonds is 9. The molecule has 0 aromatic carbocycles. The molecule has 0 saturated carbocycles. The first-order chi connectivity index (χ1) is 13.9. The number of anilines is 2. The maximum atomic E-state index is 12.0. The molecule has 0 spiro atoms. The maximum Gasteiger partial charge on any atom is 0.481 e. The number of phosphoric ester groups is 1. The van der Waals surface area contributed by atoms with Crippen LogP contribution in [-0.2, 0) is 27.4 Å². The van der Waals surface area contributed by atoms with Gasteiger partial charge in [-0.2, -0.15) is 9.29 Å². The Morgan fingerprint density at radius 2 is 2.07 bits per heavy atom. The van der Waals surface area contributed by atoms with Crippen molar-refractivity contribution < 1.29 is 47.2 Å². The van der Waals surface area contributed by atoms with Crippen LogP contribution >= 0.6 is 15.6 Å². The number of hydrogen-bond acceptors (Lipinski definition) is 12. The van der Waals surface area contributed by atoms with Crippen molar-refractivity contribution in [2.75, 3.05) is 24.8 Å². The topological polar surface area (TPSA) is 248 Å². The monoisotopic (exact) mass is 473 g/mol. The fraction of sp³-hybridized carbons (Fsp3) is 0.583. The van der Waals surface area contributed by atoms with Crippen LogP contribution in [-0.4, -0.2) is 74.2 Å². The summed E-state index contributed by atoms with van der Waals surface area (Å²) in [5, 5.41) is 13.1. The first-order valence-corrected chi connectivity index (χ1v) is 11.1. The Bertz CT molecular complexity index is 934. The third-order valence-electron chi connectivity index (χ3n) is 3.67. The number of nitrogen functional groups attached to an aromatic ring is 1. The molecular formula is C12H21N5O11P2. The summed E-state index contributed by atoms with van der Waals surface area (Å²) in [5.41, 5.74) is 4.71. The van der Waals surface area contributed by atoms with E-state index in [0.29, 0.717) is 0 Å². The van der Waals surface area contributed by atoms with Crippen LogP contribution in [0.3, 0.4) is 0 Å². The van der Waals surface area contributed by atoms with E-state index in [-0.39, 0.29) is 17.5 Å². The van der Waals surface area contributed by atoms with E-state index in [1.807, 2.05) is 0 Å². The average molecular weight is 473 g/mol. The van der Waals surface area contributed by atoms with Crippen molar-refractivity contribution in [3.05, 3.63) is 10.4 Å². The summed E-state index contributed by atoms with van der Waals surface area (Å²) < 4.78 is 41.1. The molecule has 1 fully saturated rings. The van der Waals surface area contributed by atoms with Gasteiger partial charge in [-0.05, 0) is 6.92 Å². The van der Waals surface area contributed by atoms with Gasteiger partial charge in [0.15, 0.2) is 17.7 Å². The summed E-state index contributed by atoms with van der Waals surface area (Å²) in [4.78, 5) is 48.6. The number of nitrogens with one attached hydrogen (secondary N) is 2. The summed E-state index contributed by atoms with van der Waals surface area (Å²) in [5.74, 6) is -0.350. The summed E-state index contributed by atoms with van der Waals surface area (Å²) >= 11 is 0. The highest BCUT2D eigenvalue weighted by Gasteiger charge is 2.46. The lowest BCUT2D eigenvalue weighted by molar-refractivity contribution is -0.0331. The van der Waals surface area contributed by atoms with Gasteiger partial charge in [-0.1, -0.05) is 0 Å². The number of H-pyrrole nitrogens is 1. The minimum atomic E-state index is -5.30. The van der Waals surface area contributed by atoms with Gasteiger partial charge in [0.1, 0.15) is 18.3 Å². The van der Waals surface area contributed by atoms with Crippen molar-refractivity contribution in [1.29, 1.82) is 0 Å². The van der Waals surface area contributed by atoms with Crippen LogP contribution < -0.4 is 16.6 Å². The van der Waals surface area contributed by atoms with Gasteiger partial charge in [-0.3, -0.25) is 19.3 Å². The molecule has 0 amide bonds. The lowest BCUT2D eigenvalue weighted by Crippen LogP contribution is -2.38. The SMILES string of the molecule is C/C=N\c1c(N[C@@H]2O[C@H](COP(=O)(O)OP(=O)(O)O)C(OC)C2O)nc(N)[nH]c1=O. The highest BCUT2D eigenvalue weighted by Crippen LogP contribution is 2.57. The van der Waals surface area contributed by atoms with Crippen LogP contribution in [0, 0.1) is 0 Å². The van der Waals surface area contributed by atoms with Gasteiger partial charge in [0.2, 0.25) is 5.95 Å².